The minimum absolute atomic E-state index is 0.0790. The zero-order chi connectivity index (χ0) is 20.6. The number of anilines is 1. The monoisotopic (exact) mass is 396 g/mol. The molecule has 0 amide bonds. The fourth-order valence-corrected chi connectivity index (χ4v) is 4.16. The van der Waals surface area contributed by atoms with Gasteiger partial charge in [-0.3, -0.25) is 4.79 Å². The molecular formula is C22H28N4O3. The second-order valence-electron chi connectivity index (χ2n) is 8.50. The summed E-state index contributed by atoms with van der Waals surface area (Å²) in [5, 5.41) is 7.73. The molecule has 1 unspecified atom stereocenters. The molecule has 1 N–H and O–H groups in total. The number of hydrogen-bond donors (Lipinski definition) is 1. The Labute approximate surface area is 171 Å². The van der Waals surface area contributed by atoms with E-state index in [0.29, 0.717) is 30.5 Å². The van der Waals surface area contributed by atoms with Crippen LogP contribution in [0.5, 0.6) is 11.5 Å². The standard InChI is InChI=1S/C22H28N4O3/c1-5-6-9-29-17-8-7-14(10-18(17)28-4)20-19-15(11-22(2,3)12-16(19)27)25-21-23-13-24-26(20)21/h7-8,10,13,20H,5-6,9,11-12H2,1-4H3,(H,23,24,25). The van der Waals surface area contributed by atoms with E-state index >= 15 is 0 Å². The smallest absolute Gasteiger partial charge is 0.226 e. The van der Waals surface area contributed by atoms with Gasteiger partial charge in [-0.15, -0.1) is 0 Å². The van der Waals surface area contributed by atoms with Crippen LogP contribution in [0.2, 0.25) is 0 Å². The van der Waals surface area contributed by atoms with Crippen LogP contribution in [-0.4, -0.2) is 34.3 Å². The molecule has 2 heterocycles. The SMILES string of the molecule is CCCCOc1ccc(C2C3=C(CC(C)(C)CC3=O)Nc3ncnn32)cc1OC. The Bertz CT molecular complexity index is 961. The van der Waals surface area contributed by atoms with Crippen LogP contribution in [0.25, 0.3) is 0 Å². The summed E-state index contributed by atoms with van der Waals surface area (Å²) in [5.41, 5.74) is 2.56. The second kappa shape index (κ2) is 7.54. The minimum atomic E-state index is -0.328. The van der Waals surface area contributed by atoms with Gasteiger partial charge in [0.15, 0.2) is 17.3 Å². The molecule has 1 atom stereocenters. The van der Waals surface area contributed by atoms with Crippen LogP contribution in [-0.2, 0) is 4.79 Å². The number of fused-ring (bicyclic) bond motifs is 1. The van der Waals surface area contributed by atoms with Crippen molar-refractivity contribution in [1.29, 1.82) is 0 Å². The largest absolute Gasteiger partial charge is 0.493 e. The fourth-order valence-electron chi connectivity index (χ4n) is 4.16. The Hall–Kier alpha value is -2.83. The molecule has 0 bridgehead atoms. The van der Waals surface area contributed by atoms with Crippen LogP contribution >= 0.6 is 0 Å². The lowest BCUT2D eigenvalue weighted by atomic mass is 9.73. The zero-order valence-corrected chi connectivity index (χ0v) is 17.5. The highest BCUT2D eigenvalue weighted by molar-refractivity contribution is 6.00. The van der Waals surface area contributed by atoms with Crippen molar-refractivity contribution in [3.05, 3.63) is 41.4 Å². The summed E-state index contributed by atoms with van der Waals surface area (Å²) in [5.74, 6) is 2.17. The van der Waals surface area contributed by atoms with Gasteiger partial charge in [-0.2, -0.15) is 10.1 Å². The number of Topliss-reactive ketones (excluding diaryl/α,β-unsaturated/α-hetero) is 1. The van der Waals surface area contributed by atoms with E-state index in [9.17, 15) is 4.79 Å². The molecule has 0 spiro atoms. The Kier molecular flexibility index (Phi) is 5.06. The molecule has 154 valence electrons. The number of ether oxygens (including phenoxy) is 2. The molecular weight excluding hydrogens is 368 g/mol. The van der Waals surface area contributed by atoms with E-state index in [2.05, 4.69) is 36.2 Å². The number of rotatable bonds is 6. The maximum atomic E-state index is 13.1. The van der Waals surface area contributed by atoms with E-state index in [1.807, 2.05) is 18.2 Å². The van der Waals surface area contributed by atoms with Gasteiger partial charge in [0.05, 0.1) is 13.7 Å². The molecule has 1 aliphatic carbocycles. The number of carbonyl (C=O) groups is 1. The molecule has 0 radical (unpaired) electrons. The van der Waals surface area contributed by atoms with Crippen LogP contribution in [0, 0.1) is 5.41 Å². The number of hydrogen-bond acceptors (Lipinski definition) is 6. The molecule has 7 nitrogen and oxygen atoms in total. The van der Waals surface area contributed by atoms with Crippen LogP contribution in [0.15, 0.2) is 35.8 Å². The zero-order valence-electron chi connectivity index (χ0n) is 17.5. The number of unbranched alkanes of at least 4 members (excludes halogenated alkanes) is 1. The predicted octanol–water partition coefficient (Wildman–Crippen LogP) is 4.12. The first-order valence-electron chi connectivity index (χ1n) is 10.2. The molecule has 2 aliphatic rings. The number of ketones is 1. The second-order valence-corrected chi connectivity index (χ2v) is 8.50. The molecule has 0 fully saturated rings. The van der Waals surface area contributed by atoms with Crippen molar-refractivity contribution in [3.8, 4) is 11.5 Å². The number of benzene rings is 1. The molecule has 4 rings (SSSR count). The van der Waals surface area contributed by atoms with E-state index in [4.69, 9.17) is 9.47 Å². The average molecular weight is 396 g/mol. The Morgan fingerprint density at radius 1 is 1.28 bits per heavy atom. The Balaban J connectivity index is 1.76. The van der Waals surface area contributed by atoms with Gasteiger partial charge in [-0.05, 0) is 36.0 Å². The number of allylic oxidation sites excluding steroid dienone is 2. The molecule has 0 saturated carbocycles. The quantitative estimate of drug-likeness (QED) is 0.740. The van der Waals surface area contributed by atoms with Gasteiger partial charge in [0.1, 0.15) is 12.4 Å². The highest BCUT2D eigenvalue weighted by Crippen LogP contribution is 2.46. The molecule has 7 heteroatoms. The summed E-state index contributed by atoms with van der Waals surface area (Å²) in [6.45, 7) is 7.02. The molecule has 0 saturated heterocycles. The lowest BCUT2D eigenvalue weighted by Gasteiger charge is -2.38. The summed E-state index contributed by atoms with van der Waals surface area (Å²) in [7, 11) is 1.63. The maximum Gasteiger partial charge on any atom is 0.226 e. The van der Waals surface area contributed by atoms with E-state index < -0.39 is 0 Å². The summed E-state index contributed by atoms with van der Waals surface area (Å²) in [4.78, 5) is 17.5. The van der Waals surface area contributed by atoms with Crippen molar-refractivity contribution < 1.29 is 14.3 Å². The summed E-state index contributed by atoms with van der Waals surface area (Å²) in [6, 6.07) is 5.52. The van der Waals surface area contributed by atoms with Crippen molar-refractivity contribution in [2.24, 2.45) is 5.41 Å². The van der Waals surface area contributed by atoms with Gasteiger partial charge in [-0.1, -0.05) is 33.3 Å². The van der Waals surface area contributed by atoms with Gasteiger partial charge < -0.3 is 14.8 Å². The lowest BCUT2D eigenvalue weighted by molar-refractivity contribution is -0.118. The molecule has 1 aliphatic heterocycles. The Morgan fingerprint density at radius 3 is 2.86 bits per heavy atom. The summed E-state index contributed by atoms with van der Waals surface area (Å²) < 4.78 is 13.2. The number of nitrogens with zero attached hydrogens (tertiary/aromatic N) is 3. The lowest BCUT2D eigenvalue weighted by Crippen LogP contribution is -2.36. The highest BCUT2D eigenvalue weighted by atomic mass is 16.5. The molecule has 29 heavy (non-hydrogen) atoms. The van der Waals surface area contributed by atoms with Gasteiger partial charge in [-0.25, -0.2) is 4.68 Å². The number of nitrogens with one attached hydrogen (secondary N) is 1. The van der Waals surface area contributed by atoms with Crippen LogP contribution < -0.4 is 14.8 Å². The van der Waals surface area contributed by atoms with Crippen LogP contribution in [0.4, 0.5) is 5.95 Å². The topological polar surface area (TPSA) is 78.3 Å². The average Bonchev–Trinajstić information content (AvgIpc) is 3.14. The minimum Gasteiger partial charge on any atom is -0.493 e. The first-order valence-corrected chi connectivity index (χ1v) is 10.2. The van der Waals surface area contributed by atoms with Crippen molar-refractivity contribution in [1.82, 2.24) is 14.8 Å². The van der Waals surface area contributed by atoms with Crippen LogP contribution in [0.1, 0.15) is 58.1 Å². The van der Waals surface area contributed by atoms with Crippen LogP contribution in [0.3, 0.4) is 0 Å². The van der Waals surface area contributed by atoms with Gasteiger partial charge >= 0.3 is 0 Å². The van der Waals surface area contributed by atoms with E-state index in [-0.39, 0.29) is 17.2 Å². The number of carbonyl (C=O) groups excluding carboxylic acids is 1. The van der Waals surface area contributed by atoms with Crippen molar-refractivity contribution in [2.45, 2.75) is 52.5 Å². The predicted molar refractivity (Wildman–Crippen MR) is 110 cm³/mol. The maximum absolute atomic E-state index is 13.1. The molecule has 1 aromatic heterocycles. The molecule has 2 aromatic rings. The normalized spacial score (nSPS) is 20.0. The van der Waals surface area contributed by atoms with Crippen molar-refractivity contribution >= 4 is 11.7 Å². The van der Waals surface area contributed by atoms with E-state index in [1.165, 1.54) is 6.33 Å². The van der Waals surface area contributed by atoms with Crippen molar-refractivity contribution in [2.75, 3.05) is 19.0 Å². The van der Waals surface area contributed by atoms with Gasteiger partial charge in [0, 0.05) is 17.7 Å². The third-order valence-corrected chi connectivity index (χ3v) is 5.53. The van der Waals surface area contributed by atoms with E-state index in [0.717, 1.165) is 36.1 Å². The van der Waals surface area contributed by atoms with Gasteiger partial charge in [0.2, 0.25) is 5.95 Å². The van der Waals surface area contributed by atoms with Gasteiger partial charge in [0.25, 0.3) is 0 Å². The third kappa shape index (κ3) is 3.61. The fraction of sp³-hybridized carbons (Fsp3) is 0.500. The third-order valence-electron chi connectivity index (χ3n) is 5.53. The van der Waals surface area contributed by atoms with Crippen molar-refractivity contribution in [3.63, 3.8) is 0 Å². The Morgan fingerprint density at radius 2 is 2.10 bits per heavy atom. The first kappa shape index (κ1) is 19.5. The number of aromatic nitrogens is 3. The highest BCUT2D eigenvalue weighted by Gasteiger charge is 2.41. The summed E-state index contributed by atoms with van der Waals surface area (Å²) >= 11 is 0. The molecule has 1 aromatic carbocycles. The summed E-state index contributed by atoms with van der Waals surface area (Å²) in [6.07, 6.45) is 4.89. The first-order chi connectivity index (χ1) is 13.9. The number of methoxy groups -OCH3 is 1. The van der Waals surface area contributed by atoms with E-state index in [1.54, 1.807) is 11.8 Å².